The molecule has 0 fully saturated rings. The van der Waals surface area contributed by atoms with E-state index in [2.05, 4.69) is 4.98 Å². The molecule has 148 valence electrons. The summed E-state index contributed by atoms with van der Waals surface area (Å²) in [5, 5.41) is 9.90. The first-order valence-corrected chi connectivity index (χ1v) is 8.75. The Bertz CT molecular complexity index is 1320. The van der Waals surface area contributed by atoms with Crippen molar-refractivity contribution in [2.45, 2.75) is 6.18 Å². The van der Waals surface area contributed by atoms with E-state index in [0.29, 0.717) is 22.8 Å². The highest BCUT2D eigenvalue weighted by Gasteiger charge is 2.35. The van der Waals surface area contributed by atoms with Gasteiger partial charge in [-0.25, -0.2) is 8.78 Å². The van der Waals surface area contributed by atoms with Crippen LogP contribution in [0.15, 0.2) is 66.9 Å². The SMILES string of the molecule is N#Cc1c(-c2ccccc2F)cccc1-c1ccnc2c(F)c(C(F)(F)F)ccc12. The Kier molecular flexibility index (Phi) is 4.70. The van der Waals surface area contributed by atoms with Crippen LogP contribution >= 0.6 is 0 Å². The fourth-order valence-electron chi connectivity index (χ4n) is 3.44. The number of benzene rings is 3. The molecule has 0 unspecified atom stereocenters. The Labute approximate surface area is 167 Å². The average molecular weight is 410 g/mol. The second-order valence-electron chi connectivity index (χ2n) is 6.50. The van der Waals surface area contributed by atoms with E-state index in [0.717, 1.165) is 6.07 Å². The molecule has 3 aromatic carbocycles. The molecule has 1 aromatic heterocycles. The molecule has 0 aliphatic carbocycles. The van der Waals surface area contributed by atoms with Gasteiger partial charge in [0.2, 0.25) is 0 Å². The summed E-state index contributed by atoms with van der Waals surface area (Å²) in [6.45, 7) is 0. The molecule has 7 heteroatoms. The zero-order chi connectivity index (χ0) is 21.5. The van der Waals surface area contributed by atoms with Gasteiger partial charge in [0.25, 0.3) is 0 Å². The van der Waals surface area contributed by atoms with E-state index in [1.165, 1.54) is 30.5 Å². The maximum absolute atomic E-state index is 14.5. The van der Waals surface area contributed by atoms with Gasteiger partial charge in [-0.1, -0.05) is 42.5 Å². The van der Waals surface area contributed by atoms with Crippen LogP contribution in [0, 0.1) is 23.0 Å². The number of hydrogen-bond donors (Lipinski definition) is 0. The molecule has 0 aliphatic rings. The minimum Gasteiger partial charge on any atom is -0.253 e. The standard InChI is InChI=1S/C23H11F5N2/c24-20-7-2-1-4-16(20)14-6-3-5-13(18(14)12-29)15-10-11-30-22-17(15)8-9-19(21(22)25)23(26,27)28/h1-11H. The zero-order valence-electron chi connectivity index (χ0n) is 15.1. The Morgan fingerprint density at radius 1 is 0.767 bits per heavy atom. The minimum atomic E-state index is -4.86. The summed E-state index contributed by atoms with van der Waals surface area (Å²) >= 11 is 0. The third kappa shape index (κ3) is 3.16. The van der Waals surface area contributed by atoms with Crippen LogP contribution in [0.1, 0.15) is 11.1 Å². The molecular formula is C23H11F5N2. The summed E-state index contributed by atoms with van der Waals surface area (Å²) in [6.07, 6.45) is -3.68. The summed E-state index contributed by atoms with van der Waals surface area (Å²) in [6, 6.07) is 16.0. The lowest BCUT2D eigenvalue weighted by Crippen LogP contribution is -2.08. The second-order valence-corrected chi connectivity index (χ2v) is 6.50. The Morgan fingerprint density at radius 3 is 2.10 bits per heavy atom. The molecule has 0 amide bonds. The molecule has 4 aromatic rings. The molecule has 0 spiro atoms. The van der Waals surface area contributed by atoms with Crippen molar-refractivity contribution >= 4 is 10.9 Å². The predicted molar refractivity (Wildman–Crippen MR) is 102 cm³/mol. The van der Waals surface area contributed by atoms with Gasteiger partial charge in [0, 0.05) is 28.3 Å². The largest absolute Gasteiger partial charge is 0.419 e. The minimum absolute atomic E-state index is 0.116. The molecule has 0 aliphatic heterocycles. The first-order valence-electron chi connectivity index (χ1n) is 8.75. The van der Waals surface area contributed by atoms with Crippen LogP contribution in [0.4, 0.5) is 22.0 Å². The van der Waals surface area contributed by atoms with Crippen LogP contribution in [0.5, 0.6) is 0 Å². The zero-order valence-corrected chi connectivity index (χ0v) is 15.1. The van der Waals surface area contributed by atoms with Crippen molar-refractivity contribution < 1.29 is 22.0 Å². The summed E-state index contributed by atoms with van der Waals surface area (Å²) < 4.78 is 68.0. The van der Waals surface area contributed by atoms with Crippen LogP contribution in [0.3, 0.4) is 0 Å². The molecule has 30 heavy (non-hydrogen) atoms. The number of hydrogen-bond acceptors (Lipinski definition) is 2. The number of halogens is 5. The van der Waals surface area contributed by atoms with Crippen molar-refractivity contribution in [1.29, 1.82) is 5.26 Å². The molecule has 0 saturated heterocycles. The van der Waals surface area contributed by atoms with E-state index in [1.807, 2.05) is 6.07 Å². The van der Waals surface area contributed by atoms with Crippen LogP contribution in [0.2, 0.25) is 0 Å². The van der Waals surface area contributed by atoms with Gasteiger partial charge in [-0.3, -0.25) is 4.98 Å². The summed E-state index contributed by atoms with van der Waals surface area (Å²) in [5.41, 5.74) is -0.560. The van der Waals surface area contributed by atoms with Crippen molar-refractivity contribution in [2.24, 2.45) is 0 Å². The Balaban J connectivity index is 2.01. The molecule has 1 heterocycles. The van der Waals surface area contributed by atoms with Gasteiger partial charge in [0.15, 0.2) is 5.82 Å². The number of alkyl halides is 3. The van der Waals surface area contributed by atoms with Crippen LogP contribution in [-0.2, 0) is 6.18 Å². The first-order chi connectivity index (χ1) is 14.3. The normalized spacial score (nSPS) is 11.5. The monoisotopic (exact) mass is 410 g/mol. The van der Waals surface area contributed by atoms with Crippen molar-refractivity contribution in [3.63, 3.8) is 0 Å². The third-order valence-corrected chi connectivity index (χ3v) is 4.79. The highest BCUT2D eigenvalue weighted by Crippen LogP contribution is 2.39. The fraction of sp³-hybridized carbons (Fsp3) is 0.0435. The smallest absolute Gasteiger partial charge is 0.253 e. The van der Waals surface area contributed by atoms with Crippen molar-refractivity contribution in [2.75, 3.05) is 0 Å². The number of nitrogens with zero attached hydrogens (tertiary/aromatic N) is 2. The maximum atomic E-state index is 14.5. The molecule has 0 radical (unpaired) electrons. The van der Waals surface area contributed by atoms with E-state index >= 15 is 0 Å². The van der Waals surface area contributed by atoms with Crippen LogP contribution in [0.25, 0.3) is 33.2 Å². The Hall–Kier alpha value is -3.79. The second kappa shape index (κ2) is 7.23. The third-order valence-electron chi connectivity index (χ3n) is 4.79. The van der Waals surface area contributed by atoms with E-state index in [1.54, 1.807) is 24.3 Å². The fourth-order valence-corrected chi connectivity index (χ4v) is 3.44. The van der Waals surface area contributed by atoms with Crippen molar-refractivity contribution in [3.8, 4) is 28.3 Å². The number of nitriles is 1. The van der Waals surface area contributed by atoms with Gasteiger partial charge in [-0.15, -0.1) is 0 Å². The van der Waals surface area contributed by atoms with Crippen molar-refractivity contribution in [1.82, 2.24) is 4.98 Å². The predicted octanol–water partition coefficient (Wildman–Crippen LogP) is 6.74. The van der Waals surface area contributed by atoms with Gasteiger partial charge in [0.1, 0.15) is 17.4 Å². The first kappa shape index (κ1) is 19.5. The Morgan fingerprint density at radius 2 is 1.43 bits per heavy atom. The van der Waals surface area contributed by atoms with E-state index < -0.39 is 28.9 Å². The maximum Gasteiger partial charge on any atom is 0.419 e. The summed E-state index contributed by atoms with van der Waals surface area (Å²) in [7, 11) is 0. The number of fused-ring (bicyclic) bond motifs is 1. The lowest BCUT2D eigenvalue weighted by molar-refractivity contribution is -0.139. The van der Waals surface area contributed by atoms with Gasteiger partial charge in [0.05, 0.1) is 11.1 Å². The lowest BCUT2D eigenvalue weighted by atomic mass is 9.90. The average Bonchev–Trinajstić information content (AvgIpc) is 2.72. The van der Waals surface area contributed by atoms with Gasteiger partial charge in [-0.05, 0) is 23.8 Å². The van der Waals surface area contributed by atoms with E-state index in [-0.39, 0.29) is 16.5 Å². The molecule has 0 N–H and O–H groups in total. The number of pyridine rings is 1. The topological polar surface area (TPSA) is 36.7 Å². The lowest BCUT2D eigenvalue weighted by Gasteiger charge is -2.14. The molecular weight excluding hydrogens is 399 g/mol. The van der Waals surface area contributed by atoms with E-state index in [9.17, 15) is 27.2 Å². The highest BCUT2D eigenvalue weighted by molar-refractivity contribution is 5.98. The molecule has 4 rings (SSSR count). The molecule has 0 bridgehead atoms. The van der Waals surface area contributed by atoms with Crippen LogP contribution in [-0.4, -0.2) is 4.98 Å². The molecule has 2 nitrogen and oxygen atoms in total. The summed E-state index contributed by atoms with van der Waals surface area (Å²) in [4.78, 5) is 3.77. The van der Waals surface area contributed by atoms with Crippen LogP contribution < -0.4 is 0 Å². The number of aromatic nitrogens is 1. The van der Waals surface area contributed by atoms with Gasteiger partial charge < -0.3 is 0 Å². The number of rotatable bonds is 2. The van der Waals surface area contributed by atoms with Crippen molar-refractivity contribution in [3.05, 3.63) is 89.6 Å². The van der Waals surface area contributed by atoms with E-state index in [4.69, 9.17) is 0 Å². The van der Waals surface area contributed by atoms with Gasteiger partial charge >= 0.3 is 6.18 Å². The summed E-state index contributed by atoms with van der Waals surface area (Å²) in [5.74, 6) is -2.00. The molecule has 0 saturated carbocycles. The molecule has 0 atom stereocenters. The highest BCUT2D eigenvalue weighted by atomic mass is 19.4. The quantitative estimate of drug-likeness (QED) is 0.343. The van der Waals surface area contributed by atoms with Gasteiger partial charge in [-0.2, -0.15) is 18.4 Å².